The van der Waals surface area contributed by atoms with Gasteiger partial charge in [0, 0.05) is 43.4 Å². The molecule has 0 spiro atoms. The lowest BCUT2D eigenvalue weighted by atomic mass is 10.2. The first-order valence-corrected chi connectivity index (χ1v) is 8.47. The van der Waals surface area contributed by atoms with Crippen LogP contribution in [0.5, 0.6) is 0 Å². The molecule has 7 nitrogen and oxygen atoms in total. The third-order valence-corrected chi connectivity index (χ3v) is 4.43. The van der Waals surface area contributed by atoms with Crippen molar-refractivity contribution in [1.82, 2.24) is 19.7 Å². The number of aliphatic imine (C=N–C) groups is 1. The molecule has 8 heteroatoms. The minimum atomic E-state index is 0.455. The van der Waals surface area contributed by atoms with E-state index in [4.69, 9.17) is 17.3 Å². The van der Waals surface area contributed by atoms with E-state index in [9.17, 15) is 0 Å². The SMILES string of the molecule is CCn1ncnc1CN=C(N)N1CCN(c2ccc(Cl)cc2)CC1. The van der Waals surface area contributed by atoms with Crippen LogP contribution in [0.1, 0.15) is 12.7 Å². The molecule has 0 amide bonds. The molecular formula is C16H22ClN7. The number of benzene rings is 1. The lowest BCUT2D eigenvalue weighted by molar-refractivity contribution is 0.380. The molecule has 2 aromatic rings. The smallest absolute Gasteiger partial charge is 0.191 e. The fourth-order valence-corrected chi connectivity index (χ4v) is 2.90. The lowest BCUT2D eigenvalue weighted by Gasteiger charge is -2.36. The van der Waals surface area contributed by atoms with Gasteiger partial charge in [0.2, 0.25) is 0 Å². The van der Waals surface area contributed by atoms with Crippen LogP contribution < -0.4 is 10.6 Å². The predicted molar refractivity (Wildman–Crippen MR) is 96.3 cm³/mol. The van der Waals surface area contributed by atoms with Gasteiger partial charge in [-0.1, -0.05) is 11.6 Å². The summed E-state index contributed by atoms with van der Waals surface area (Å²) in [7, 11) is 0. The summed E-state index contributed by atoms with van der Waals surface area (Å²) < 4.78 is 1.83. The number of hydrogen-bond donors (Lipinski definition) is 1. The van der Waals surface area contributed by atoms with Crippen molar-refractivity contribution in [2.75, 3.05) is 31.1 Å². The van der Waals surface area contributed by atoms with Crippen molar-refractivity contribution in [1.29, 1.82) is 0 Å². The summed E-state index contributed by atoms with van der Waals surface area (Å²) in [5, 5.41) is 4.90. The van der Waals surface area contributed by atoms with Crippen molar-refractivity contribution in [2.45, 2.75) is 20.0 Å². The third kappa shape index (κ3) is 3.79. The second-order valence-electron chi connectivity index (χ2n) is 5.62. The van der Waals surface area contributed by atoms with Crippen molar-refractivity contribution in [3.05, 3.63) is 41.4 Å². The number of hydrogen-bond acceptors (Lipinski definition) is 4. The molecule has 2 N–H and O–H groups in total. The van der Waals surface area contributed by atoms with Gasteiger partial charge in [-0.05, 0) is 31.2 Å². The van der Waals surface area contributed by atoms with E-state index < -0.39 is 0 Å². The summed E-state index contributed by atoms with van der Waals surface area (Å²) in [5.41, 5.74) is 7.33. The summed E-state index contributed by atoms with van der Waals surface area (Å²) in [6, 6.07) is 7.94. The van der Waals surface area contributed by atoms with E-state index >= 15 is 0 Å². The Morgan fingerprint density at radius 1 is 1.21 bits per heavy atom. The molecule has 0 bridgehead atoms. The Bertz CT molecular complexity index is 687. The maximum atomic E-state index is 6.14. The zero-order valence-electron chi connectivity index (χ0n) is 13.8. The molecule has 0 radical (unpaired) electrons. The molecule has 1 fully saturated rings. The number of rotatable bonds is 4. The fraction of sp³-hybridized carbons (Fsp3) is 0.438. The Morgan fingerprint density at radius 2 is 1.92 bits per heavy atom. The monoisotopic (exact) mass is 347 g/mol. The Kier molecular flexibility index (Phi) is 5.20. The molecule has 1 saturated heterocycles. The van der Waals surface area contributed by atoms with E-state index in [-0.39, 0.29) is 0 Å². The number of nitrogens with zero attached hydrogens (tertiary/aromatic N) is 6. The quantitative estimate of drug-likeness (QED) is 0.671. The van der Waals surface area contributed by atoms with Gasteiger partial charge < -0.3 is 15.5 Å². The van der Waals surface area contributed by atoms with Crippen LogP contribution in [0.2, 0.25) is 5.02 Å². The number of nitrogens with two attached hydrogens (primary N) is 1. The van der Waals surface area contributed by atoms with Crippen LogP contribution in [-0.2, 0) is 13.1 Å². The van der Waals surface area contributed by atoms with Crippen molar-refractivity contribution >= 4 is 23.2 Å². The first-order valence-electron chi connectivity index (χ1n) is 8.09. The number of halogens is 1. The van der Waals surface area contributed by atoms with Gasteiger partial charge in [-0.3, -0.25) is 0 Å². The standard InChI is InChI=1S/C16H22ClN7/c1-2-24-15(20-12-21-24)11-19-16(18)23-9-7-22(8-10-23)14-5-3-13(17)4-6-14/h3-6,12H,2,7-11H2,1H3,(H2,18,19). The molecule has 1 aromatic carbocycles. The molecular weight excluding hydrogens is 326 g/mol. The summed E-state index contributed by atoms with van der Waals surface area (Å²) >= 11 is 5.94. The average Bonchev–Trinajstić information content (AvgIpc) is 3.08. The van der Waals surface area contributed by atoms with Gasteiger partial charge in [-0.25, -0.2) is 14.7 Å². The maximum absolute atomic E-state index is 6.14. The molecule has 1 aliphatic rings. The van der Waals surface area contributed by atoms with Crippen molar-refractivity contribution in [2.24, 2.45) is 10.7 Å². The predicted octanol–water partition coefficient (Wildman–Crippen LogP) is 1.59. The largest absolute Gasteiger partial charge is 0.370 e. The maximum Gasteiger partial charge on any atom is 0.191 e. The van der Waals surface area contributed by atoms with Gasteiger partial charge >= 0.3 is 0 Å². The van der Waals surface area contributed by atoms with Crippen LogP contribution in [0.25, 0.3) is 0 Å². The second-order valence-corrected chi connectivity index (χ2v) is 6.05. The minimum absolute atomic E-state index is 0.455. The van der Waals surface area contributed by atoms with E-state index in [1.165, 1.54) is 5.69 Å². The Hall–Kier alpha value is -2.28. The zero-order valence-corrected chi connectivity index (χ0v) is 14.5. The van der Waals surface area contributed by atoms with E-state index in [2.05, 4.69) is 24.9 Å². The number of anilines is 1. The minimum Gasteiger partial charge on any atom is -0.370 e. The summed E-state index contributed by atoms with van der Waals surface area (Å²) in [5.74, 6) is 1.40. The fourth-order valence-electron chi connectivity index (χ4n) is 2.77. The number of piperazine rings is 1. The highest BCUT2D eigenvalue weighted by molar-refractivity contribution is 6.30. The normalized spacial score (nSPS) is 15.8. The lowest BCUT2D eigenvalue weighted by Crippen LogP contribution is -2.51. The molecule has 24 heavy (non-hydrogen) atoms. The second kappa shape index (κ2) is 7.53. The van der Waals surface area contributed by atoms with Crippen LogP contribution in [-0.4, -0.2) is 51.8 Å². The van der Waals surface area contributed by atoms with E-state index in [0.29, 0.717) is 12.5 Å². The van der Waals surface area contributed by atoms with Gasteiger partial charge in [-0.15, -0.1) is 0 Å². The average molecular weight is 348 g/mol. The topological polar surface area (TPSA) is 75.6 Å². The van der Waals surface area contributed by atoms with Crippen LogP contribution >= 0.6 is 11.6 Å². The summed E-state index contributed by atoms with van der Waals surface area (Å²) in [4.78, 5) is 13.1. The third-order valence-electron chi connectivity index (χ3n) is 4.17. The Labute approximate surface area is 146 Å². The van der Waals surface area contributed by atoms with Crippen LogP contribution in [0.4, 0.5) is 5.69 Å². The molecule has 0 saturated carbocycles. The highest BCUT2D eigenvalue weighted by Gasteiger charge is 2.18. The first kappa shape index (κ1) is 16.6. The number of aryl methyl sites for hydroxylation is 1. The van der Waals surface area contributed by atoms with Crippen LogP contribution in [0.3, 0.4) is 0 Å². The van der Waals surface area contributed by atoms with Crippen LogP contribution in [0.15, 0.2) is 35.6 Å². The molecule has 3 rings (SSSR count). The molecule has 0 aliphatic carbocycles. The Balaban J connectivity index is 1.55. The molecule has 1 aromatic heterocycles. The highest BCUT2D eigenvalue weighted by atomic mass is 35.5. The summed E-state index contributed by atoms with van der Waals surface area (Å²) in [6.07, 6.45) is 1.55. The molecule has 128 valence electrons. The van der Waals surface area contributed by atoms with E-state index in [0.717, 1.165) is 43.6 Å². The van der Waals surface area contributed by atoms with E-state index in [1.54, 1.807) is 6.33 Å². The van der Waals surface area contributed by atoms with Crippen molar-refractivity contribution in [3.8, 4) is 0 Å². The Morgan fingerprint density at radius 3 is 2.58 bits per heavy atom. The van der Waals surface area contributed by atoms with Gasteiger partial charge in [0.25, 0.3) is 0 Å². The van der Waals surface area contributed by atoms with Crippen LogP contribution in [0, 0.1) is 0 Å². The van der Waals surface area contributed by atoms with Gasteiger partial charge in [0.1, 0.15) is 18.7 Å². The van der Waals surface area contributed by atoms with Gasteiger partial charge in [0.15, 0.2) is 5.96 Å². The summed E-state index contributed by atoms with van der Waals surface area (Å²) in [6.45, 7) is 6.77. The van der Waals surface area contributed by atoms with E-state index in [1.807, 2.05) is 35.9 Å². The molecule has 1 aliphatic heterocycles. The van der Waals surface area contributed by atoms with Crippen molar-refractivity contribution < 1.29 is 0 Å². The number of guanidine groups is 1. The highest BCUT2D eigenvalue weighted by Crippen LogP contribution is 2.19. The van der Waals surface area contributed by atoms with Crippen molar-refractivity contribution in [3.63, 3.8) is 0 Å². The van der Waals surface area contributed by atoms with Gasteiger partial charge in [-0.2, -0.15) is 5.10 Å². The zero-order chi connectivity index (χ0) is 16.9. The van der Waals surface area contributed by atoms with Gasteiger partial charge in [0.05, 0.1) is 0 Å². The number of aromatic nitrogens is 3. The molecule has 0 unspecified atom stereocenters. The first-order chi connectivity index (χ1) is 11.7. The molecule has 2 heterocycles. The molecule has 0 atom stereocenters.